The first kappa shape index (κ1) is 17.2. The van der Waals surface area contributed by atoms with Gasteiger partial charge in [0.1, 0.15) is 6.10 Å². The highest BCUT2D eigenvalue weighted by Crippen LogP contribution is 2.53. The molecule has 1 aliphatic carbocycles. The number of nitrogens with zero attached hydrogens (tertiary/aromatic N) is 1. The van der Waals surface area contributed by atoms with Crippen molar-refractivity contribution >= 4 is 22.6 Å². The summed E-state index contributed by atoms with van der Waals surface area (Å²) in [7, 11) is 0. The predicted octanol–water partition coefficient (Wildman–Crippen LogP) is 2.36. The Morgan fingerprint density at radius 1 is 1.48 bits per heavy atom. The number of hydrogen-bond donors (Lipinski definition) is 1. The van der Waals surface area contributed by atoms with E-state index >= 15 is 0 Å². The third kappa shape index (κ3) is 2.91. The average molecular weight is 434 g/mol. The first-order valence-electron chi connectivity index (χ1n) is 8.20. The number of halogens is 1. The van der Waals surface area contributed by atoms with Crippen LogP contribution >= 0.6 is 22.6 Å². The second-order valence-corrected chi connectivity index (χ2v) is 7.54. The molecule has 2 heterocycles. The molecule has 0 spiro atoms. The van der Waals surface area contributed by atoms with Crippen molar-refractivity contribution in [1.29, 1.82) is 0 Å². The van der Waals surface area contributed by atoms with Gasteiger partial charge >= 0.3 is 5.69 Å². The molecule has 0 aromatic carbocycles. The van der Waals surface area contributed by atoms with Crippen molar-refractivity contribution in [2.45, 2.75) is 63.6 Å². The maximum atomic E-state index is 12.4. The number of unbranched alkanes of at least 4 members (excludes halogenated alkanes) is 1. The number of aromatic amines is 1. The van der Waals surface area contributed by atoms with Gasteiger partial charge in [0.05, 0.1) is 0 Å². The Bertz CT molecular complexity index is 687. The number of rotatable bonds is 5. The Morgan fingerprint density at radius 3 is 2.91 bits per heavy atom. The number of aromatic nitrogens is 2. The molecule has 128 valence electrons. The van der Waals surface area contributed by atoms with Gasteiger partial charge in [-0.25, -0.2) is 4.79 Å². The molecule has 1 unspecified atom stereocenters. The Kier molecular flexibility index (Phi) is 4.72. The Balaban J connectivity index is 2.03. The summed E-state index contributed by atoms with van der Waals surface area (Å²) in [6.07, 6.45) is 5.92. The van der Waals surface area contributed by atoms with E-state index in [0.29, 0.717) is 5.92 Å². The van der Waals surface area contributed by atoms with Crippen molar-refractivity contribution in [2.75, 3.05) is 4.43 Å². The van der Waals surface area contributed by atoms with Crippen molar-refractivity contribution in [3.63, 3.8) is 0 Å². The Labute approximate surface area is 148 Å². The Morgan fingerprint density at radius 2 is 2.26 bits per heavy atom. The molecule has 1 saturated heterocycles. The van der Waals surface area contributed by atoms with Crippen LogP contribution in [0.1, 0.15) is 46.0 Å². The van der Waals surface area contributed by atoms with Gasteiger partial charge in [0.25, 0.3) is 5.56 Å². The van der Waals surface area contributed by atoms with Crippen LogP contribution < -0.4 is 11.2 Å². The summed E-state index contributed by atoms with van der Waals surface area (Å²) in [6, 6.07) is 1.37. The maximum absolute atomic E-state index is 12.4. The van der Waals surface area contributed by atoms with Crippen LogP contribution in [-0.4, -0.2) is 25.9 Å². The second kappa shape index (κ2) is 6.33. The van der Waals surface area contributed by atoms with E-state index in [1.54, 1.807) is 6.20 Å². The zero-order valence-corrected chi connectivity index (χ0v) is 15.7. The molecular weight excluding hydrogens is 411 g/mol. The molecule has 1 aromatic rings. The minimum absolute atomic E-state index is 0.162. The molecule has 1 aliphatic heterocycles. The van der Waals surface area contributed by atoms with E-state index in [9.17, 15) is 9.59 Å². The summed E-state index contributed by atoms with van der Waals surface area (Å²) in [5.41, 5.74) is -1.63. The van der Waals surface area contributed by atoms with Crippen molar-refractivity contribution in [3.05, 3.63) is 33.1 Å². The van der Waals surface area contributed by atoms with Crippen molar-refractivity contribution in [3.8, 4) is 0 Å². The summed E-state index contributed by atoms with van der Waals surface area (Å²) in [6.45, 7) is 4.10. The molecule has 1 aromatic heterocycles. The van der Waals surface area contributed by atoms with E-state index in [4.69, 9.17) is 9.47 Å². The van der Waals surface area contributed by atoms with Crippen molar-refractivity contribution in [1.82, 2.24) is 9.55 Å². The number of H-pyrrole nitrogens is 1. The van der Waals surface area contributed by atoms with E-state index in [2.05, 4.69) is 34.5 Å². The SMILES string of the molecule is CCCCC1(C)O[C@@H]2[C@@H](CI)CC[C@@]2(n2ccc(=O)[nH]c2=O)O1. The van der Waals surface area contributed by atoms with Crippen LogP contribution in [-0.2, 0) is 15.2 Å². The van der Waals surface area contributed by atoms with Crippen LogP contribution in [0.15, 0.2) is 21.9 Å². The van der Waals surface area contributed by atoms with Gasteiger partial charge in [-0.05, 0) is 32.1 Å². The van der Waals surface area contributed by atoms with Crippen LogP contribution in [0.3, 0.4) is 0 Å². The highest BCUT2D eigenvalue weighted by molar-refractivity contribution is 14.1. The van der Waals surface area contributed by atoms with Gasteiger partial charge in [0.15, 0.2) is 11.5 Å². The summed E-state index contributed by atoms with van der Waals surface area (Å²) in [5, 5.41) is 0. The number of nitrogens with one attached hydrogen (secondary N) is 1. The van der Waals surface area contributed by atoms with Gasteiger partial charge in [0, 0.05) is 23.1 Å². The summed E-state index contributed by atoms with van der Waals surface area (Å²) < 4.78 is 15.2. The van der Waals surface area contributed by atoms with Crippen LogP contribution in [0.5, 0.6) is 0 Å². The van der Waals surface area contributed by atoms with Gasteiger partial charge in [-0.15, -0.1) is 0 Å². The molecule has 4 atom stereocenters. The number of alkyl halides is 1. The quantitative estimate of drug-likeness (QED) is 0.571. The first-order chi connectivity index (χ1) is 10.9. The van der Waals surface area contributed by atoms with E-state index in [0.717, 1.165) is 36.5 Å². The molecule has 1 saturated carbocycles. The van der Waals surface area contributed by atoms with Crippen LogP contribution in [0.4, 0.5) is 0 Å². The zero-order valence-electron chi connectivity index (χ0n) is 13.5. The fraction of sp³-hybridized carbons (Fsp3) is 0.750. The molecule has 23 heavy (non-hydrogen) atoms. The lowest BCUT2D eigenvalue weighted by atomic mass is 10.1. The molecule has 1 N–H and O–H groups in total. The second-order valence-electron chi connectivity index (χ2n) is 6.66. The smallest absolute Gasteiger partial charge is 0.330 e. The maximum Gasteiger partial charge on any atom is 0.330 e. The predicted molar refractivity (Wildman–Crippen MR) is 94.8 cm³/mol. The van der Waals surface area contributed by atoms with E-state index < -0.39 is 22.8 Å². The van der Waals surface area contributed by atoms with Gasteiger partial charge in [-0.3, -0.25) is 14.3 Å². The topological polar surface area (TPSA) is 73.3 Å². The fourth-order valence-electron chi connectivity index (χ4n) is 3.81. The standard InChI is InChI=1S/C16H23IN2O4/c1-3-4-7-15(2)22-13-11(10-17)5-8-16(13,23-15)19-9-6-12(20)18-14(19)21/h6,9,11,13H,3-5,7-8,10H2,1-2H3,(H,18,20,21)/t11-,13-,15?,16-/m1/s1. The monoisotopic (exact) mass is 434 g/mol. The average Bonchev–Trinajstić information content (AvgIpc) is 2.97. The van der Waals surface area contributed by atoms with Crippen molar-refractivity contribution in [2.24, 2.45) is 5.92 Å². The third-order valence-corrected chi connectivity index (χ3v) is 6.06. The molecule has 3 rings (SSSR count). The number of ether oxygens (including phenoxy) is 2. The van der Waals surface area contributed by atoms with E-state index in [1.807, 2.05) is 6.92 Å². The first-order valence-corrected chi connectivity index (χ1v) is 9.73. The molecule has 0 bridgehead atoms. The molecule has 2 aliphatic rings. The molecule has 0 amide bonds. The number of hydrogen-bond acceptors (Lipinski definition) is 4. The van der Waals surface area contributed by atoms with E-state index in [-0.39, 0.29) is 6.10 Å². The molecule has 6 nitrogen and oxygen atoms in total. The zero-order chi connectivity index (χ0) is 16.7. The van der Waals surface area contributed by atoms with Crippen LogP contribution in [0, 0.1) is 5.92 Å². The normalized spacial score (nSPS) is 36.3. The lowest BCUT2D eigenvalue weighted by molar-refractivity contribution is -0.205. The van der Waals surface area contributed by atoms with Gasteiger partial charge < -0.3 is 9.47 Å². The molecular formula is C16H23IN2O4. The third-order valence-electron chi connectivity index (χ3n) is 4.93. The summed E-state index contributed by atoms with van der Waals surface area (Å²) in [5.74, 6) is -0.335. The lowest BCUT2D eigenvalue weighted by Crippen LogP contribution is -2.48. The molecule has 7 heteroatoms. The minimum Gasteiger partial charge on any atom is -0.342 e. The highest BCUT2D eigenvalue weighted by atomic mass is 127. The fourth-order valence-corrected chi connectivity index (χ4v) is 4.71. The minimum atomic E-state index is -0.806. The van der Waals surface area contributed by atoms with Crippen molar-refractivity contribution < 1.29 is 9.47 Å². The largest absolute Gasteiger partial charge is 0.342 e. The lowest BCUT2D eigenvalue weighted by Gasteiger charge is -2.31. The van der Waals surface area contributed by atoms with Crippen LogP contribution in [0.2, 0.25) is 0 Å². The van der Waals surface area contributed by atoms with Gasteiger partial charge in [-0.2, -0.15) is 0 Å². The molecule has 0 radical (unpaired) electrons. The summed E-state index contributed by atoms with van der Waals surface area (Å²) >= 11 is 2.37. The Hall–Kier alpha value is -0.670. The van der Waals surface area contributed by atoms with E-state index in [1.165, 1.54) is 10.6 Å². The highest BCUT2D eigenvalue weighted by Gasteiger charge is 2.62. The molecule has 2 fully saturated rings. The van der Waals surface area contributed by atoms with Gasteiger partial charge in [0.2, 0.25) is 0 Å². The summed E-state index contributed by atoms with van der Waals surface area (Å²) in [4.78, 5) is 26.1. The van der Waals surface area contributed by atoms with Gasteiger partial charge in [-0.1, -0.05) is 35.9 Å². The number of fused-ring (bicyclic) bond motifs is 1. The van der Waals surface area contributed by atoms with Crippen LogP contribution in [0.25, 0.3) is 0 Å².